The van der Waals surface area contributed by atoms with Crippen LogP contribution in [0.2, 0.25) is 0 Å². The minimum Gasteiger partial charge on any atom is -0.467 e. The number of carbonyl (C=O) groups is 3. The van der Waals surface area contributed by atoms with E-state index < -0.39 is 0 Å². The van der Waals surface area contributed by atoms with Gasteiger partial charge in [-0.1, -0.05) is 19.3 Å². The molecule has 2 N–H and O–H groups in total. The first kappa shape index (κ1) is 23.0. The Bertz CT molecular complexity index is 872. The number of rotatable bonds is 9. The van der Waals surface area contributed by atoms with Crippen LogP contribution in [-0.4, -0.2) is 40.2 Å². The van der Waals surface area contributed by atoms with E-state index in [4.69, 9.17) is 4.42 Å². The molecule has 1 aliphatic carbocycles. The molecule has 0 saturated heterocycles. The number of hydrogen-bond acceptors (Lipinski definition) is 6. The normalized spacial score (nSPS) is 14.4. The highest BCUT2D eigenvalue weighted by atomic mass is 32.1. The summed E-state index contributed by atoms with van der Waals surface area (Å²) in [5, 5.41) is 7.70. The van der Waals surface area contributed by atoms with E-state index in [1.54, 1.807) is 28.7 Å². The van der Waals surface area contributed by atoms with Crippen molar-refractivity contribution in [2.24, 2.45) is 5.92 Å². The number of carbonyl (C=O) groups excluding carboxylic acids is 3. The minimum absolute atomic E-state index is 0.00550. The van der Waals surface area contributed by atoms with Crippen LogP contribution in [0.3, 0.4) is 0 Å². The van der Waals surface area contributed by atoms with Gasteiger partial charge in [0.05, 0.1) is 24.9 Å². The van der Waals surface area contributed by atoms with Crippen molar-refractivity contribution in [1.29, 1.82) is 0 Å². The second-order valence-corrected chi connectivity index (χ2v) is 8.98. The molecule has 0 aliphatic heterocycles. The largest absolute Gasteiger partial charge is 0.467 e. The van der Waals surface area contributed by atoms with Gasteiger partial charge >= 0.3 is 0 Å². The van der Waals surface area contributed by atoms with E-state index in [9.17, 15) is 14.4 Å². The Morgan fingerprint density at radius 1 is 1.23 bits per heavy atom. The zero-order chi connectivity index (χ0) is 22.2. The second-order valence-electron chi connectivity index (χ2n) is 8.12. The molecule has 0 spiro atoms. The third kappa shape index (κ3) is 6.92. The Kier molecular flexibility index (Phi) is 8.22. The number of furan rings is 1. The van der Waals surface area contributed by atoms with Crippen LogP contribution in [0.4, 0.5) is 5.13 Å². The zero-order valence-electron chi connectivity index (χ0n) is 18.1. The van der Waals surface area contributed by atoms with Gasteiger partial charge < -0.3 is 20.0 Å². The Hall–Kier alpha value is -2.68. The highest BCUT2D eigenvalue weighted by Gasteiger charge is 2.29. The monoisotopic (exact) mass is 446 g/mol. The number of hydrogen-bond donors (Lipinski definition) is 2. The second kappa shape index (κ2) is 11.1. The van der Waals surface area contributed by atoms with Crippen LogP contribution in [0.25, 0.3) is 0 Å². The van der Waals surface area contributed by atoms with Crippen molar-refractivity contribution in [1.82, 2.24) is 15.2 Å². The predicted molar refractivity (Wildman–Crippen MR) is 118 cm³/mol. The molecule has 1 fully saturated rings. The number of nitrogens with zero attached hydrogens (tertiary/aromatic N) is 2. The molecule has 0 bridgehead atoms. The zero-order valence-corrected chi connectivity index (χ0v) is 18.9. The summed E-state index contributed by atoms with van der Waals surface area (Å²) in [5.41, 5.74) is 0.580. The lowest BCUT2D eigenvalue weighted by Gasteiger charge is -2.31. The Labute approximate surface area is 186 Å². The van der Waals surface area contributed by atoms with E-state index in [0.717, 1.165) is 25.7 Å². The van der Waals surface area contributed by atoms with Crippen LogP contribution in [0.5, 0.6) is 0 Å². The van der Waals surface area contributed by atoms with E-state index in [0.29, 0.717) is 23.1 Å². The number of nitrogens with one attached hydrogen (secondary N) is 2. The molecule has 2 aromatic heterocycles. The predicted octanol–water partition coefficient (Wildman–Crippen LogP) is 3.35. The van der Waals surface area contributed by atoms with Gasteiger partial charge in [-0.05, 0) is 38.8 Å². The molecule has 168 valence electrons. The van der Waals surface area contributed by atoms with Crippen LogP contribution < -0.4 is 10.6 Å². The molecule has 3 rings (SSSR count). The van der Waals surface area contributed by atoms with Gasteiger partial charge in [0.2, 0.25) is 17.7 Å². The summed E-state index contributed by atoms with van der Waals surface area (Å²) < 4.78 is 5.18. The summed E-state index contributed by atoms with van der Waals surface area (Å²) in [6.45, 7) is 4.18. The molecule has 1 aliphatic rings. The quantitative estimate of drug-likeness (QED) is 0.615. The topological polar surface area (TPSA) is 105 Å². The summed E-state index contributed by atoms with van der Waals surface area (Å²) in [6, 6.07) is 3.50. The first-order valence-corrected chi connectivity index (χ1v) is 11.6. The van der Waals surface area contributed by atoms with Crippen LogP contribution in [0.15, 0.2) is 28.2 Å². The third-order valence-corrected chi connectivity index (χ3v) is 6.16. The van der Waals surface area contributed by atoms with Gasteiger partial charge in [0, 0.05) is 17.3 Å². The number of amides is 3. The van der Waals surface area contributed by atoms with Gasteiger partial charge in [0.25, 0.3) is 0 Å². The van der Waals surface area contributed by atoms with Crippen molar-refractivity contribution in [3.8, 4) is 0 Å². The molecule has 8 nitrogen and oxygen atoms in total. The lowest BCUT2D eigenvalue weighted by Crippen LogP contribution is -2.45. The van der Waals surface area contributed by atoms with E-state index in [1.807, 2.05) is 13.8 Å². The van der Waals surface area contributed by atoms with E-state index >= 15 is 0 Å². The van der Waals surface area contributed by atoms with Crippen LogP contribution in [-0.2, 0) is 27.3 Å². The molecular weight excluding hydrogens is 416 g/mol. The van der Waals surface area contributed by atoms with Crippen molar-refractivity contribution in [2.45, 2.75) is 65.0 Å². The summed E-state index contributed by atoms with van der Waals surface area (Å²) in [7, 11) is 0. The summed E-state index contributed by atoms with van der Waals surface area (Å²) in [4.78, 5) is 43.5. The Balaban J connectivity index is 1.48. The lowest BCUT2D eigenvalue weighted by atomic mass is 9.88. The van der Waals surface area contributed by atoms with Gasteiger partial charge in [-0.2, -0.15) is 0 Å². The standard InChI is InChI=1S/C22H30N4O4S/c1-15(2)26(21(29)16-7-4-3-5-8-16)13-20(28)25-22-24-17(14-31-22)11-19(27)23-12-18-9-6-10-30-18/h6,9-10,14-16H,3-5,7-8,11-13H2,1-2H3,(H,23,27)(H,24,25,28). The van der Waals surface area contributed by atoms with Gasteiger partial charge in [0.15, 0.2) is 5.13 Å². The molecule has 1 saturated carbocycles. The van der Waals surface area contributed by atoms with Crippen molar-refractivity contribution >= 4 is 34.2 Å². The SMILES string of the molecule is CC(C)N(CC(=O)Nc1nc(CC(=O)NCc2ccco2)cs1)C(=O)C1CCCCC1. The van der Waals surface area contributed by atoms with E-state index in [2.05, 4.69) is 15.6 Å². The fourth-order valence-electron chi connectivity index (χ4n) is 3.68. The molecule has 0 atom stereocenters. The first-order chi connectivity index (χ1) is 14.9. The molecule has 9 heteroatoms. The number of anilines is 1. The maximum atomic E-state index is 12.9. The highest BCUT2D eigenvalue weighted by Crippen LogP contribution is 2.26. The minimum atomic E-state index is -0.277. The van der Waals surface area contributed by atoms with Crippen molar-refractivity contribution in [3.05, 3.63) is 35.2 Å². The van der Waals surface area contributed by atoms with Gasteiger partial charge in [-0.25, -0.2) is 4.98 Å². The molecular formula is C22H30N4O4S. The molecule has 3 amide bonds. The van der Waals surface area contributed by atoms with E-state index in [-0.39, 0.29) is 42.6 Å². The molecule has 2 heterocycles. The lowest BCUT2D eigenvalue weighted by molar-refractivity contribution is -0.141. The van der Waals surface area contributed by atoms with Gasteiger partial charge in [-0.15, -0.1) is 11.3 Å². The smallest absolute Gasteiger partial charge is 0.245 e. The number of aromatic nitrogens is 1. The Morgan fingerprint density at radius 2 is 2.00 bits per heavy atom. The van der Waals surface area contributed by atoms with Crippen molar-refractivity contribution in [3.63, 3.8) is 0 Å². The molecule has 31 heavy (non-hydrogen) atoms. The molecule has 0 aromatic carbocycles. The van der Waals surface area contributed by atoms with Gasteiger partial charge in [0.1, 0.15) is 12.3 Å². The number of thiazole rings is 1. The average molecular weight is 447 g/mol. The summed E-state index contributed by atoms with van der Waals surface area (Å²) >= 11 is 1.26. The maximum Gasteiger partial charge on any atom is 0.245 e. The highest BCUT2D eigenvalue weighted by molar-refractivity contribution is 7.13. The van der Waals surface area contributed by atoms with Gasteiger partial charge in [-0.3, -0.25) is 14.4 Å². The fraction of sp³-hybridized carbons (Fsp3) is 0.545. The maximum absolute atomic E-state index is 12.9. The molecule has 0 radical (unpaired) electrons. The van der Waals surface area contributed by atoms with E-state index in [1.165, 1.54) is 17.8 Å². The summed E-state index contributed by atoms with van der Waals surface area (Å²) in [5.74, 6) is 0.315. The van der Waals surface area contributed by atoms with Crippen LogP contribution in [0.1, 0.15) is 57.4 Å². The molecule has 0 unspecified atom stereocenters. The fourth-order valence-corrected chi connectivity index (χ4v) is 4.41. The third-order valence-electron chi connectivity index (χ3n) is 5.35. The van der Waals surface area contributed by atoms with Crippen molar-refractivity contribution < 1.29 is 18.8 Å². The van der Waals surface area contributed by atoms with Crippen LogP contribution in [0, 0.1) is 5.92 Å². The van der Waals surface area contributed by atoms with Crippen LogP contribution >= 0.6 is 11.3 Å². The Morgan fingerprint density at radius 3 is 2.68 bits per heavy atom. The first-order valence-electron chi connectivity index (χ1n) is 10.8. The summed E-state index contributed by atoms with van der Waals surface area (Å²) in [6.07, 6.45) is 6.81. The van der Waals surface area contributed by atoms with Crippen molar-refractivity contribution in [2.75, 3.05) is 11.9 Å². The average Bonchev–Trinajstić information content (AvgIpc) is 3.42. The molecule has 2 aromatic rings.